The molecule has 0 aliphatic carbocycles. The quantitative estimate of drug-likeness (QED) is 0.251. The van der Waals surface area contributed by atoms with E-state index in [0.29, 0.717) is 30.3 Å². The molecule has 8 nitrogen and oxygen atoms in total. The number of likely N-dealkylation sites (tertiary alicyclic amines) is 1. The maximum absolute atomic E-state index is 5.76. The molecule has 1 fully saturated rings. The van der Waals surface area contributed by atoms with E-state index in [0.717, 1.165) is 36.9 Å². The van der Waals surface area contributed by atoms with Crippen LogP contribution in [0.15, 0.2) is 39.9 Å². The second kappa shape index (κ2) is 14.2. The molecule has 1 aromatic carbocycles. The van der Waals surface area contributed by atoms with Crippen LogP contribution in [0.5, 0.6) is 17.2 Å². The van der Waals surface area contributed by atoms with Crippen molar-refractivity contribution in [3.05, 3.63) is 41.9 Å². The SMILES string of the molecule is CCNC(=NCc1cc(OC)c(OC)c(OC)c1)NCC(c1ccco1)N1CCCCC1.I. The lowest BCUT2D eigenvalue weighted by Crippen LogP contribution is -2.44. The lowest BCUT2D eigenvalue weighted by molar-refractivity contribution is 0.146. The van der Waals surface area contributed by atoms with Crippen molar-refractivity contribution < 1.29 is 18.6 Å². The first-order valence-corrected chi connectivity index (χ1v) is 11.3. The fraction of sp³-hybridized carbons (Fsp3) is 0.542. The molecule has 33 heavy (non-hydrogen) atoms. The minimum atomic E-state index is 0. The summed E-state index contributed by atoms with van der Waals surface area (Å²) in [5, 5.41) is 6.85. The fourth-order valence-corrected chi connectivity index (χ4v) is 4.05. The number of guanidine groups is 1. The van der Waals surface area contributed by atoms with Crippen molar-refractivity contribution in [2.24, 2.45) is 4.99 Å². The van der Waals surface area contributed by atoms with Crippen molar-refractivity contribution in [1.29, 1.82) is 0 Å². The van der Waals surface area contributed by atoms with Crippen LogP contribution in [0.25, 0.3) is 0 Å². The third kappa shape index (κ3) is 7.43. The molecule has 1 unspecified atom stereocenters. The van der Waals surface area contributed by atoms with E-state index in [1.54, 1.807) is 27.6 Å². The van der Waals surface area contributed by atoms with Gasteiger partial charge in [0.15, 0.2) is 17.5 Å². The number of ether oxygens (including phenoxy) is 3. The number of rotatable bonds is 10. The molecule has 184 valence electrons. The second-order valence-corrected chi connectivity index (χ2v) is 7.74. The second-order valence-electron chi connectivity index (χ2n) is 7.74. The van der Waals surface area contributed by atoms with Gasteiger partial charge in [-0.15, -0.1) is 24.0 Å². The molecule has 0 radical (unpaired) electrons. The number of benzene rings is 1. The molecule has 1 aliphatic heterocycles. The molecule has 1 atom stereocenters. The first-order chi connectivity index (χ1) is 15.7. The van der Waals surface area contributed by atoms with Crippen molar-refractivity contribution in [3.8, 4) is 17.2 Å². The highest BCUT2D eigenvalue weighted by molar-refractivity contribution is 14.0. The molecular weight excluding hydrogens is 535 g/mol. The number of piperidine rings is 1. The number of halogens is 1. The Balaban J connectivity index is 0.00000385. The number of methoxy groups -OCH3 is 3. The Bertz CT molecular complexity index is 829. The summed E-state index contributed by atoms with van der Waals surface area (Å²) in [5.41, 5.74) is 0.968. The molecule has 1 aromatic heterocycles. The smallest absolute Gasteiger partial charge is 0.203 e. The Morgan fingerprint density at radius 1 is 1.06 bits per heavy atom. The Labute approximate surface area is 214 Å². The van der Waals surface area contributed by atoms with Gasteiger partial charge in [-0.05, 0) is 62.7 Å². The highest BCUT2D eigenvalue weighted by Crippen LogP contribution is 2.38. The largest absolute Gasteiger partial charge is 0.493 e. The average molecular weight is 572 g/mol. The van der Waals surface area contributed by atoms with Crippen LogP contribution in [0, 0.1) is 0 Å². The van der Waals surface area contributed by atoms with Crippen molar-refractivity contribution in [2.75, 3.05) is 47.5 Å². The summed E-state index contributed by atoms with van der Waals surface area (Å²) in [7, 11) is 4.83. The van der Waals surface area contributed by atoms with E-state index in [9.17, 15) is 0 Å². The molecule has 1 saturated heterocycles. The molecule has 1 aliphatic rings. The Hall–Kier alpha value is -2.14. The molecule has 2 aromatic rings. The zero-order valence-electron chi connectivity index (χ0n) is 20.1. The van der Waals surface area contributed by atoms with E-state index in [2.05, 4.69) is 28.5 Å². The van der Waals surface area contributed by atoms with Gasteiger partial charge in [0, 0.05) is 13.1 Å². The van der Waals surface area contributed by atoms with Gasteiger partial charge in [-0.2, -0.15) is 0 Å². The van der Waals surface area contributed by atoms with Crippen molar-refractivity contribution in [3.63, 3.8) is 0 Å². The predicted molar refractivity (Wildman–Crippen MR) is 141 cm³/mol. The maximum atomic E-state index is 5.76. The summed E-state index contributed by atoms with van der Waals surface area (Å²) >= 11 is 0. The lowest BCUT2D eigenvalue weighted by atomic mass is 10.1. The van der Waals surface area contributed by atoms with E-state index in [1.165, 1.54) is 19.3 Å². The minimum Gasteiger partial charge on any atom is -0.493 e. The Morgan fingerprint density at radius 2 is 1.76 bits per heavy atom. The third-order valence-corrected chi connectivity index (χ3v) is 5.65. The van der Waals surface area contributed by atoms with Gasteiger partial charge in [0.1, 0.15) is 5.76 Å². The summed E-state index contributed by atoms with van der Waals surface area (Å²) in [4.78, 5) is 7.28. The van der Waals surface area contributed by atoms with Crippen LogP contribution in [0.3, 0.4) is 0 Å². The van der Waals surface area contributed by atoms with Crippen LogP contribution < -0.4 is 24.8 Å². The summed E-state index contributed by atoms with van der Waals surface area (Å²) in [6.45, 7) is 6.20. The third-order valence-electron chi connectivity index (χ3n) is 5.65. The standard InChI is InChI=1S/C24H36N4O4.HI/c1-5-25-24(26-16-18-14-21(29-2)23(31-4)22(15-18)30-3)27-17-19(20-10-9-13-32-20)28-11-7-6-8-12-28;/h9-10,13-15,19H,5-8,11-12,16-17H2,1-4H3,(H2,25,26,27);1H. The van der Waals surface area contributed by atoms with Crippen LogP contribution in [-0.2, 0) is 6.54 Å². The van der Waals surface area contributed by atoms with E-state index in [1.807, 2.05) is 18.2 Å². The monoisotopic (exact) mass is 572 g/mol. The van der Waals surface area contributed by atoms with E-state index in [-0.39, 0.29) is 30.0 Å². The first-order valence-electron chi connectivity index (χ1n) is 11.3. The summed E-state index contributed by atoms with van der Waals surface area (Å²) in [5.74, 6) is 3.57. The van der Waals surface area contributed by atoms with Gasteiger partial charge in [-0.1, -0.05) is 6.42 Å². The van der Waals surface area contributed by atoms with Gasteiger partial charge in [-0.3, -0.25) is 4.90 Å². The van der Waals surface area contributed by atoms with E-state index < -0.39 is 0 Å². The van der Waals surface area contributed by atoms with Crippen molar-refractivity contribution in [2.45, 2.75) is 38.8 Å². The summed E-state index contributed by atoms with van der Waals surface area (Å²) in [6, 6.07) is 8.04. The lowest BCUT2D eigenvalue weighted by Gasteiger charge is -2.33. The molecule has 0 spiro atoms. The highest BCUT2D eigenvalue weighted by atomic mass is 127. The topological polar surface area (TPSA) is 80.5 Å². The molecule has 3 rings (SSSR count). The van der Waals surface area contributed by atoms with Crippen LogP contribution in [0.4, 0.5) is 0 Å². The van der Waals surface area contributed by atoms with Gasteiger partial charge < -0.3 is 29.3 Å². The van der Waals surface area contributed by atoms with Crippen LogP contribution in [-0.4, -0.2) is 58.4 Å². The number of nitrogens with one attached hydrogen (secondary N) is 2. The molecular formula is C24H37IN4O4. The maximum Gasteiger partial charge on any atom is 0.203 e. The number of nitrogens with zero attached hydrogens (tertiary/aromatic N) is 2. The molecule has 2 heterocycles. The van der Waals surface area contributed by atoms with Gasteiger partial charge >= 0.3 is 0 Å². The van der Waals surface area contributed by atoms with Gasteiger partial charge in [-0.25, -0.2) is 4.99 Å². The molecule has 0 bridgehead atoms. The number of hydrogen-bond acceptors (Lipinski definition) is 6. The zero-order valence-corrected chi connectivity index (χ0v) is 22.4. The number of hydrogen-bond donors (Lipinski definition) is 2. The minimum absolute atomic E-state index is 0. The highest BCUT2D eigenvalue weighted by Gasteiger charge is 2.24. The first kappa shape index (κ1) is 27.1. The summed E-state index contributed by atoms with van der Waals surface area (Å²) in [6.07, 6.45) is 5.50. The van der Waals surface area contributed by atoms with Crippen molar-refractivity contribution in [1.82, 2.24) is 15.5 Å². The Kier molecular flexibility index (Phi) is 11.7. The van der Waals surface area contributed by atoms with Crippen LogP contribution >= 0.6 is 24.0 Å². The molecule has 2 N–H and O–H groups in total. The fourth-order valence-electron chi connectivity index (χ4n) is 4.05. The number of aliphatic imine (C=N–C) groups is 1. The van der Waals surface area contributed by atoms with E-state index in [4.69, 9.17) is 23.6 Å². The molecule has 0 saturated carbocycles. The van der Waals surface area contributed by atoms with Crippen LogP contribution in [0.1, 0.15) is 43.6 Å². The van der Waals surface area contributed by atoms with Crippen LogP contribution in [0.2, 0.25) is 0 Å². The number of furan rings is 1. The molecule has 0 amide bonds. The van der Waals surface area contributed by atoms with Gasteiger partial charge in [0.2, 0.25) is 5.75 Å². The summed E-state index contributed by atoms with van der Waals surface area (Å²) < 4.78 is 22.1. The van der Waals surface area contributed by atoms with Crippen molar-refractivity contribution >= 4 is 29.9 Å². The normalized spacial score (nSPS) is 15.3. The van der Waals surface area contributed by atoms with Gasteiger partial charge in [0.05, 0.1) is 40.2 Å². The predicted octanol–water partition coefficient (Wildman–Crippen LogP) is 4.21. The average Bonchev–Trinajstić information content (AvgIpc) is 3.37. The van der Waals surface area contributed by atoms with E-state index >= 15 is 0 Å². The van der Waals surface area contributed by atoms with Gasteiger partial charge in [0.25, 0.3) is 0 Å². The molecule has 9 heteroatoms. The Morgan fingerprint density at radius 3 is 2.30 bits per heavy atom. The zero-order chi connectivity index (χ0) is 22.8.